The molecule has 0 heterocycles. The number of unbranched alkanes of at least 4 members (excludes halogenated alkanes) is 2. The predicted molar refractivity (Wildman–Crippen MR) is 114 cm³/mol. The van der Waals surface area contributed by atoms with E-state index in [0.717, 1.165) is 55.2 Å². The lowest BCUT2D eigenvalue weighted by molar-refractivity contribution is 0.153. The van der Waals surface area contributed by atoms with Gasteiger partial charge in [0.1, 0.15) is 11.5 Å². The third kappa shape index (κ3) is 6.26. The molecule has 0 radical (unpaired) electrons. The van der Waals surface area contributed by atoms with Gasteiger partial charge in [-0.15, -0.1) is 0 Å². The molecule has 6 heteroatoms. The van der Waals surface area contributed by atoms with Crippen LogP contribution in [0.5, 0.6) is 11.5 Å². The van der Waals surface area contributed by atoms with Gasteiger partial charge < -0.3 is 15.2 Å². The first kappa shape index (κ1) is 22.8. The molecule has 0 saturated heterocycles. The van der Waals surface area contributed by atoms with Crippen LogP contribution in [0.1, 0.15) is 69.9 Å². The molecular formula is C23H34N2O4. The molecule has 2 rings (SSSR count). The second-order valence-electron chi connectivity index (χ2n) is 7.92. The van der Waals surface area contributed by atoms with Crippen LogP contribution in [0.2, 0.25) is 0 Å². The minimum absolute atomic E-state index is 0.0346. The number of urea groups is 1. The number of benzene rings is 1. The van der Waals surface area contributed by atoms with Gasteiger partial charge in [0, 0.05) is 11.5 Å². The monoisotopic (exact) mass is 402 g/mol. The molecule has 1 aromatic rings. The van der Waals surface area contributed by atoms with E-state index in [4.69, 9.17) is 9.94 Å². The molecule has 0 aromatic heterocycles. The van der Waals surface area contributed by atoms with Crippen molar-refractivity contribution >= 4 is 6.03 Å². The van der Waals surface area contributed by atoms with Crippen LogP contribution in [-0.2, 0) is 6.42 Å². The van der Waals surface area contributed by atoms with Crippen molar-refractivity contribution in [1.82, 2.24) is 10.8 Å². The van der Waals surface area contributed by atoms with E-state index in [1.54, 1.807) is 0 Å². The smallest absolute Gasteiger partial charge is 0.341 e. The number of allylic oxidation sites excluding steroid dienone is 3. The minimum atomic E-state index is -0.747. The van der Waals surface area contributed by atoms with Gasteiger partial charge in [-0.05, 0) is 63.1 Å². The Bertz CT molecular complexity index is 757. The van der Waals surface area contributed by atoms with Gasteiger partial charge in [-0.25, -0.2) is 10.3 Å². The van der Waals surface area contributed by atoms with Crippen molar-refractivity contribution < 1.29 is 19.8 Å². The van der Waals surface area contributed by atoms with Crippen LogP contribution in [-0.4, -0.2) is 23.1 Å². The minimum Gasteiger partial charge on any atom is -0.507 e. The van der Waals surface area contributed by atoms with Gasteiger partial charge in [0.15, 0.2) is 6.73 Å². The lowest BCUT2D eigenvalue weighted by Crippen LogP contribution is -2.35. The Kier molecular flexibility index (Phi) is 8.58. The van der Waals surface area contributed by atoms with Crippen molar-refractivity contribution in [2.45, 2.75) is 65.2 Å². The van der Waals surface area contributed by atoms with Crippen LogP contribution in [0.15, 0.2) is 35.9 Å². The highest BCUT2D eigenvalue weighted by Gasteiger charge is 2.30. The Morgan fingerprint density at radius 2 is 2.10 bits per heavy atom. The molecule has 160 valence electrons. The molecule has 6 nitrogen and oxygen atoms in total. The molecule has 0 spiro atoms. The summed E-state index contributed by atoms with van der Waals surface area (Å²) in [5.41, 5.74) is 5.60. The van der Waals surface area contributed by atoms with Gasteiger partial charge in [0.05, 0.1) is 0 Å². The number of phenols is 1. The van der Waals surface area contributed by atoms with E-state index in [2.05, 4.69) is 31.8 Å². The lowest BCUT2D eigenvalue weighted by Gasteiger charge is -2.32. The van der Waals surface area contributed by atoms with Crippen LogP contribution in [0.4, 0.5) is 4.79 Å². The Hall–Kier alpha value is -2.47. The van der Waals surface area contributed by atoms with Crippen molar-refractivity contribution in [3.63, 3.8) is 0 Å². The summed E-state index contributed by atoms with van der Waals surface area (Å²) in [5, 5.41) is 22.0. The largest absolute Gasteiger partial charge is 0.507 e. The number of phenolic OH excluding ortho intramolecular Hbond substituents is 1. The number of carbonyl (C=O) groups is 1. The first-order chi connectivity index (χ1) is 13.9. The van der Waals surface area contributed by atoms with Crippen LogP contribution in [0.3, 0.4) is 0 Å². The maximum Gasteiger partial charge on any atom is 0.341 e. The number of ether oxygens (including phenoxy) is 1. The number of aryl methyl sites for hydroxylation is 1. The van der Waals surface area contributed by atoms with Gasteiger partial charge in [-0.3, -0.25) is 5.21 Å². The summed E-state index contributed by atoms with van der Waals surface area (Å²) in [6.45, 7) is 10.3. The van der Waals surface area contributed by atoms with Crippen molar-refractivity contribution in [3.05, 3.63) is 47.1 Å². The summed E-state index contributed by atoms with van der Waals surface area (Å²) in [4.78, 5) is 11.3. The Morgan fingerprint density at radius 3 is 2.76 bits per heavy atom. The highest BCUT2D eigenvalue weighted by Crippen LogP contribution is 2.46. The fourth-order valence-electron chi connectivity index (χ4n) is 3.97. The summed E-state index contributed by atoms with van der Waals surface area (Å²) in [7, 11) is 0. The molecule has 0 aliphatic heterocycles. The van der Waals surface area contributed by atoms with Crippen LogP contribution in [0.25, 0.3) is 0 Å². The summed E-state index contributed by atoms with van der Waals surface area (Å²) in [5.74, 6) is 0.943. The predicted octanol–water partition coefficient (Wildman–Crippen LogP) is 5.17. The number of nitrogens with one attached hydrogen (secondary N) is 2. The van der Waals surface area contributed by atoms with E-state index < -0.39 is 6.03 Å². The molecule has 0 unspecified atom stereocenters. The molecule has 4 N–H and O–H groups in total. The molecule has 0 saturated carbocycles. The first-order valence-corrected chi connectivity index (χ1v) is 10.4. The van der Waals surface area contributed by atoms with Gasteiger partial charge in [-0.1, -0.05) is 43.6 Å². The standard InChI is InChI=1S/C23H34N2O4/c1-5-6-7-8-17-12-20(26)22(21(13-17)29-14-24-23(27)25-28)19-11-16(4)9-10-18(19)15(2)3/h11-13,18-19,26,28H,2,5-10,14H2,1,3-4H3,(H2,24,25,27)/t18-,19+/m0/s1. The zero-order valence-electron chi connectivity index (χ0n) is 17.8. The lowest BCUT2D eigenvalue weighted by atomic mass is 9.73. The highest BCUT2D eigenvalue weighted by atomic mass is 16.5. The molecule has 0 fully saturated rings. The van der Waals surface area contributed by atoms with E-state index in [1.165, 1.54) is 11.1 Å². The molecular weight excluding hydrogens is 368 g/mol. The Balaban J connectivity index is 2.40. The molecule has 29 heavy (non-hydrogen) atoms. The number of hydrogen-bond acceptors (Lipinski definition) is 4. The SMILES string of the molecule is C=C(C)[C@@H]1CCC(C)=C[C@H]1c1c(O)cc(CCCCC)cc1OCNC(=O)NO. The normalized spacial score (nSPS) is 18.7. The van der Waals surface area contributed by atoms with Crippen molar-refractivity contribution in [3.8, 4) is 11.5 Å². The number of carbonyl (C=O) groups excluding carboxylic acids is 1. The third-order valence-corrected chi connectivity index (χ3v) is 5.52. The molecule has 2 amide bonds. The van der Waals surface area contributed by atoms with E-state index in [9.17, 15) is 9.90 Å². The second kappa shape index (κ2) is 10.9. The average Bonchev–Trinajstić information content (AvgIpc) is 2.67. The molecule has 2 atom stereocenters. The van der Waals surface area contributed by atoms with E-state index in [0.29, 0.717) is 5.75 Å². The zero-order valence-corrected chi connectivity index (χ0v) is 17.8. The van der Waals surface area contributed by atoms with E-state index in [-0.39, 0.29) is 24.3 Å². The van der Waals surface area contributed by atoms with Crippen LogP contribution < -0.4 is 15.5 Å². The number of amides is 2. The number of hydroxylamine groups is 1. The molecule has 1 aliphatic carbocycles. The summed E-state index contributed by atoms with van der Waals surface area (Å²) < 4.78 is 5.85. The average molecular weight is 403 g/mol. The van der Waals surface area contributed by atoms with Crippen molar-refractivity contribution in [1.29, 1.82) is 0 Å². The Labute approximate surface area is 173 Å². The number of rotatable bonds is 9. The van der Waals surface area contributed by atoms with E-state index in [1.807, 2.05) is 19.1 Å². The van der Waals surface area contributed by atoms with Gasteiger partial charge in [0.25, 0.3) is 0 Å². The second-order valence-corrected chi connectivity index (χ2v) is 7.92. The Morgan fingerprint density at radius 1 is 1.34 bits per heavy atom. The fraction of sp³-hybridized carbons (Fsp3) is 0.522. The number of aromatic hydroxyl groups is 1. The highest BCUT2D eigenvalue weighted by molar-refractivity contribution is 5.72. The first-order valence-electron chi connectivity index (χ1n) is 10.4. The quantitative estimate of drug-likeness (QED) is 0.151. The maximum absolute atomic E-state index is 11.3. The zero-order chi connectivity index (χ0) is 21.4. The van der Waals surface area contributed by atoms with Crippen LogP contribution in [0, 0.1) is 5.92 Å². The van der Waals surface area contributed by atoms with Gasteiger partial charge in [-0.2, -0.15) is 0 Å². The topological polar surface area (TPSA) is 90.8 Å². The summed E-state index contributed by atoms with van der Waals surface area (Å²) in [6, 6.07) is 3.04. The summed E-state index contributed by atoms with van der Waals surface area (Å²) >= 11 is 0. The fourth-order valence-corrected chi connectivity index (χ4v) is 3.97. The third-order valence-electron chi connectivity index (χ3n) is 5.52. The molecule has 1 aliphatic rings. The maximum atomic E-state index is 11.3. The van der Waals surface area contributed by atoms with Gasteiger partial charge >= 0.3 is 6.03 Å². The molecule has 1 aromatic carbocycles. The van der Waals surface area contributed by atoms with Gasteiger partial charge in [0.2, 0.25) is 0 Å². The molecule has 0 bridgehead atoms. The van der Waals surface area contributed by atoms with Crippen molar-refractivity contribution in [2.24, 2.45) is 5.92 Å². The van der Waals surface area contributed by atoms with E-state index >= 15 is 0 Å². The summed E-state index contributed by atoms with van der Waals surface area (Å²) in [6.07, 6.45) is 8.32. The van der Waals surface area contributed by atoms with Crippen LogP contribution >= 0.6 is 0 Å². The van der Waals surface area contributed by atoms with Crippen molar-refractivity contribution in [2.75, 3.05) is 6.73 Å². The number of hydrogen-bond donors (Lipinski definition) is 4.